The maximum atomic E-state index is 12.7. The van der Waals surface area contributed by atoms with Gasteiger partial charge in [-0.25, -0.2) is 4.79 Å². The van der Waals surface area contributed by atoms with Gasteiger partial charge in [0, 0.05) is 17.8 Å². The molecule has 1 unspecified atom stereocenters. The predicted molar refractivity (Wildman–Crippen MR) is 168 cm³/mol. The molecule has 1 aliphatic heterocycles. The van der Waals surface area contributed by atoms with Crippen molar-refractivity contribution in [3.8, 4) is 0 Å². The van der Waals surface area contributed by atoms with Crippen LogP contribution in [0.5, 0.6) is 0 Å². The molecule has 4 aliphatic carbocycles. The zero-order valence-electron chi connectivity index (χ0n) is 26.2. The lowest BCUT2D eigenvalue weighted by atomic mass is 9.52. The highest BCUT2D eigenvalue weighted by molar-refractivity contribution is 5.89. The van der Waals surface area contributed by atoms with Gasteiger partial charge in [-0.2, -0.15) is 0 Å². The number of carbonyl (C=O) groups excluding carboxylic acids is 1. The molecule has 5 aliphatic rings. The molecule has 4 fully saturated rings. The average Bonchev–Trinajstić information content (AvgIpc) is 3.27. The summed E-state index contributed by atoms with van der Waals surface area (Å²) >= 11 is 0. The molecule has 226 valence electrons. The van der Waals surface area contributed by atoms with E-state index in [9.17, 15) is 9.90 Å². The van der Waals surface area contributed by atoms with Gasteiger partial charge >= 0.3 is 6.03 Å². The first-order valence-electron chi connectivity index (χ1n) is 16.8. The summed E-state index contributed by atoms with van der Waals surface area (Å²) < 4.78 is 0. The molecular weight excluding hydrogens is 506 g/mol. The van der Waals surface area contributed by atoms with Crippen LogP contribution in [-0.4, -0.2) is 35.9 Å². The Morgan fingerprint density at radius 2 is 1.85 bits per heavy atom. The number of amides is 2. The van der Waals surface area contributed by atoms with Crippen molar-refractivity contribution >= 4 is 11.7 Å². The molecule has 11 atom stereocenters. The molecule has 41 heavy (non-hydrogen) atoms. The zero-order valence-corrected chi connectivity index (χ0v) is 26.2. The van der Waals surface area contributed by atoms with Gasteiger partial charge in [0.15, 0.2) is 0 Å². The standard InChI is InChI=1S/C36H55N3O2/c1-22-17-32(40)33(37-21-22)24(3)35(4)15-14-28-29-12-11-25-18-27(39-34(41)38-26-9-7-6-8-10-26)13-16-36(25,5)31(29)19-30(28)23(2)20-35/h6-10,22,24-25,27-29,31-33,37,40H,11-21H2,1-5H3,(H2,38,39,41)/t22-,24+,25?,27-,28-,29-,31-,32+,33-,35+,36-/m0/s1. The fourth-order valence-electron chi connectivity index (χ4n) is 10.6. The molecule has 6 rings (SSSR count). The van der Waals surface area contributed by atoms with E-state index in [-0.39, 0.29) is 29.6 Å². The number of fused-ring (bicyclic) bond motifs is 5. The van der Waals surface area contributed by atoms with E-state index in [0.29, 0.717) is 23.2 Å². The van der Waals surface area contributed by atoms with Crippen molar-refractivity contribution in [1.29, 1.82) is 0 Å². The quantitative estimate of drug-likeness (QED) is 0.287. The summed E-state index contributed by atoms with van der Waals surface area (Å²) in [7, 11) is 0. The summed E-state index contributed by atoms with van der Waals surface area (Å²) in [4.78, 5) is 12.7. The normalized spacial score (nSPS) is 43.3. The van der Waals surface area contributed by atoms with E-state index in [1.54, 1.807) is 5.57 Å². The Balaban J connectivity index is 1.12. The molecule has 1 aromatic rings. The van der Waals surface area contributed by atoms with Crippen molar-refractivity contribution in [2.24, 2.45) is 46.3 Å². The second kappa shape index (κ2) is 11.3. The maximum Gasteiger partial charge on any atom is 0.319 e. The molecule has 0 radical (unpaired) electrons. The van der Waals surface area contributed by atoms with Crippen LogP contribution in [0.2, 0.25) is 0 Å². The molecule has 2 amide bonds. The number of rotatable bonds is 4. The molecule has 3 saturated carbocycles. The molecule has 5 heteroatoms. The fourth-order valence-corrected chi connectivity index (χ4v) is 10.6. The number of para-hydroxylation sites is 1. The largest absolute Gasteiger partial charge is 0.391 e. The van der Waals surface area contributed by atoms with Crippen molar-refractivity contribution in [2.75, 3.05) is 11.9 Å². The summed E-state index contributed by atoms with van der Waals surface area (Å²) in [6.45, 7) is 13.3. The van der Waals surface area contributed by atoms with Gasteiger partial charge in [-0.15, -0.1) is 0 Å². The van der Waals surface area contributed by atoms with Gasteiger partial charge < -0.3 is 21.1 Å². The lowest BCUT2D eigenvalue weighted by Gasteiger charge is -2.54. The summed E-state index contributed by atoms with van der Waals surface area (Å²) in [6.07, 6.45) is 11.9. The van der Waals surface area contributed by atoms with Crippen LogP contribution >= 0.6 is 0 Å². The predicted octanol–water partition coefficient (Wildman–Crippen LogP) is 7.53. The number of aliphatic hydroxyl groups is 1. The molecule has 1 saturated heterocycles. The van der Waals surface area contributed by atoms with Gasteiger partial charge in [-0.05, 0) is 136 Å². The Labute approximate surface area is 248 Å². The van der Waals surface area contributed by atoms with Crippen LogP contribution in [-0.2, 0) is 0 Å². The lowest BCUT2D eigenvalue weighted by Crippen LogP contribution is -2.55. The van der Waals surface area contributed by atoms with Crippen LogP contribution in [0.15, 0.2) is 41.5 Å². The van der Waals surface area contributed by atoms with Gasteiger partial charge in [0.05, 0.1) is 6.10 Å². The monoisotopic (exact) mass is 561 g/mol. The molecule has 0 bridgehead atoms. The molecule has 1 aromatic carbocycles. The van der Waals surface area contributed by atoms with Crippen LogP contribution in [0, 0.1) is 46.3 Å². The first-order chi connectivity index (χ1) is 19.6. The van der Waals surface area contributed by atoms with E-state index in [2.05, 4.69) is 50.6 Å². The van der Waals surface area contributed by atoms with Crippen LogP contribution in [0.25, 0.3) is 0 Å². The fraction of sp³-hybridized carbons (Fsp3) is 0.750. The van der Waals surface area contributed by atoms with E-state index in [1.807, 2.05) is 35.9 Å². The number of benzene rings is 1. The number of carbonyl (C=O) groups is 1. The number of aliphatic hydroxyl groups excluding tert-OH is 1. The van der Waals surface area contributed by atoms with Crippen molar-refractivity contribution in [3.63, 3.8) is 0 Å². The lowest BCUT2D eigenvalue weighted by molar-refractivity contribution is -0.0392. The number of hydrogen-bond donors (Lipinski definition) is 4. The van der Waals surface area contributed by atoms with Crippen LogP contribution < -0.4 is 16.0 Å². The number of hydrogen-bond acceptors (Lipinski definition) is 3. The molecule has 4 N–H and O–H groups in total. The summed E-state index contributed by atoms with van der Waals surface area (Å²) in [6, 6.07) is 10.2. The number of urea groups is 1. The minimum Gasteiger partial charge on any atom is -0.391 e. The van der Waals surface area contributed by atoms with Gasteiger partial charge in [0.1, 0.15) is 0 Å². The van der Waals surface area contributed by atoms with E-state index in [1.165, 1.54) is 44.9 Å². The van der Waals surface area contributed by atoms with Crippen molar-refractivity contribution < 1.29 is 9.90 Å². The number of anilines is 1. The van der Waals surface area contributed by atoms with Crippen molar-refractivity contribution in [1.82, 2.24) is 10.6 Å². The second-order valence-corrected chi connectivity index (χ2v) is 15.6. The summed E-state index contributed by atoms with van der Waals surface area (Å²) in [5, 5.41) is 21.0. The van der Waals surface area contributed by atoms with Crippen LogP contribution in [0.4, 0.5) is 10.5 Å². The van der Waals surface area contributed by atoms with E-state index >= 15 is 0 Å². The highest BCUT2D eigenvalue weighted by atomic mass is 16.3. The smallest absolute Gasteiger partial charge is 0.319 e. The third kappa shape index (κ3) is 5.51. The summed E-state index contributed by atoms with van der Waals surface area (Å²) in [5.41, 5.74) is 4.96. The van der Waals surface area contributed by atoms with Crippen LogP contribution in [0.1, 0.15) is 98.8 Å². The van der Waals surface area contributed by atoms with Crippen molar-refractivity contribution in [3.05, 3.63) is 41.5 Å². The Hall–Kier alpha value is -1.85. The minimum absolute atomic E-state index is 0.0647. The topological polar surface area (TPSA) is 73.4 Å². The molecule has 0 spiro atoms. The Morgan fingerprint density at radius 3 is 2.61 bits per heavy atom. The van der Waals surface area contributed by atoms with Gasteiger partial charge in [-0.3, -0.25) is 0 Å². The highest BCUT2D eigenvalue weighted by Gasteiger charge is 2.57. The molecule has 0 aromatic heterocycles. The van der Waals surface area contributed by atoms with Gasteiger partial charge in [0.25, 0.3) is 0 Å². The molecule has 5 nitrogen and oxygen atoms in total. The second-order valence-electron chi connectivity index (χ2n) is 15.6. The number of nitrogens with one attached hydrogen (secondary N) is 3. The van der Waals surface area contributed by atoms with Gasteiger partial charge in [-0.1, -0.05) is 57.0 Å². The van der Waals surface area contributed by atoms with Gasteiger partial charge in [0.2, 0.25) is 0 Å². The first-order valence-corrected chi connectivity index (χ1v) is 16.8. The zero-order chi connectivity index (χ0) is 28.9. The minimum atomic E-state index is -0.227. The van der Waals surface area contributed by atoms with Crippen LogP contribution in [0.3, 0.4) is 0 Å². The number of piperidine rings is 1. The molecular formula is C36H55N3O2. The average molecular weight is 562 g/mol. The SMILES string of the molecule is CC1=C2C[C@H]3[C@@H](CCC4C[C@@H](NC(=O)Nc5ccccc5)CC[C@@]43C)[C@@H]2CC[C@@](C)([C@H](C)[C@@H]2NC[C@@H](C)C[C@H]2O)C1. The summed E-state index contributed by atoms with van der Waals surface area (Å²) in [5.74, 6) is 4.09. The third-order valence-corrected chi connectivity index (χ3v) is 13.2. The Morgan fingerprint density at radius 1 is 1.07 bits per heavy atom. The Kier molecular flexibility index (Phi) is 8.08. The Bertz CT molecular complexity index is 1130. The van der Waals surface area contributed by atoms with E-state index < -0.39 is 0 Å². The third-order valence-electron chi connectivity index (χ3n) is 13.2. The maximum absolute atomic E-state index is 12.7. The van der Waals surface area contributed by atoms with E-state index in [4.69, 9.17) is 0 Å². The highest BCUT2D eigenvalue weighted by Crippen LogP contribution is 2.65. The number of allylic oxidation sites excluding steroid dienone is 2. The molecule has 1 heterocycles. The van der Waals surface area contributed by atoms with E-state index in [0.717, 1.165) is 49.2 Å². The van der Waals surface area contributed by atoms with Crippen molar-refractivity contribution in [2.45, 2.75) is 117 Å². The first kappa shape index (κ1) is 29.2.